The van der Waals surface area contributed by atoms with Crippen LogP contribution >= 0.6 is 11.3 Å². The van der Waals surface area contributed by atoms with Crippen molar-refractivity contribution in [3.63, 3.8) is 0 Å². The van der Waals surface area contributed by atoms with Crippen LogP contribution < -0.4 is 5.32 Å². The van der Waals surface area contributed by atoms with Crippen molar-refractivity contribution in [1.82, 2.24) is 4.98 Å². The summed E-state index contributed by atoms with van der Waals surface area (Å²) >= 11 is 1.58. The van der Waals surface area contributed by atoms with Gasteiger partial charge in [-0.25, -0.2) is 4.98 Å². The third-order valence-electron chi connectivity index (χ3n) is 2.79. The number of nitrogens with zero attached hydrogens (tertiary/aromatic N) is 1. The lowest BCUT2D eigenvalue weighted by Crippen LogP contribution is -2.38. The predicted octanol–water partition coefficient (Wildman–Crippen LogP) is 2.25. The van der Waals surface area contributed by atoms with Gasteiger partial charge in [0.25, 0.3) is 0 Å². The number of hydrogen-bond acceptors (Lipinski definition) is 4. The molecule has 0 spiro atoms. The van der Waals surface area contributed by atoms with E-state index in [0.717, 1.165) is 30.8 Å². The zero-order valence-electron chi connectivity index (χ0n) is 8.20. The summed E-state index contributed by atoms with van der Waals surface area (Å²) in [7, 11) is 0. The Balaban J connectivity index is 1.84. The number of nitrogens with one attached hydrogen (secondary N) is 1. The van der Waals surface area contributed by atoms with Crippen molar-refractivity contribution in [2.24, 2.45) is 0 Å². The second-order valence-electron chi connectivity index (χ2n) is 3.98. The Hall–Kier alpha value is -0.610. The molecule has 14 heavy (non-hydrogen) atoms. The molecule has 78 valence electrons. The van der Waals surface area contributed by atoms with Crippen LogP contribution in [0.1, 0.15) is 32.1 Å². The normalized spacial score (nSPS) is 20.6. The van der Waals surface area contributed by atoms with Crippen LogP contribution in [0, 0.1) is 0 Å². The molecule has 1 fully saturated rings. The Morgan fingerprint density at radius 3 is 2.86 bits per heavy atom. The third kappa shape index (κ3) is 2.45. The molecule has 3 nitrogen and oxygen atoms in total. The lowest BCUT2D eigenvalue weighted by atomic mass is 9.85. The van der Waals surface area contributed by atoms with E-state index >= 15 is 0 Å². The van der Waals surface area contributed by atoms with Crippen molar-refractivity contribution >= 4 is 16.5 Å². The minimum Gasteiger partial charge on any atom is -0.388 e. The maximum atomic E-state index is 10.2. The lowest BCUT2D eigenvalue weighted by molar-refractivity contribution is 0.0167. The zero-order chi connectivity index (χ0) is 9.86. The average Bonchev–Trinajstić information content (AvgIpc) is 2.69. The molecule has 0 atom stereocenters. The maximum absolute atomic E-state index is 10.2. The molecule has 1 aromatic rings. The van der Waals surface area contributed by atoms with E-state index in [9.17, 15) is 5.11 Å². The van der Waals surface area contributed by atoms with Gasteiger partial charge in [-0.15, -0.1) is 11.3 Å². The molecule has 2 rings (SSSR count). The van der Waals surface area contributed by atoms with Crippen LogP contribution in [0.5, 0.6) is 0 Å². The van der Waals surface area contributed by atoms with Gasteiger partial charge in [0.15, 0.2) is 5.13 Å². The summed E-state index contributed by atoms with van der Waals surface area (Å²) in [6.07, 6.45) is 7.18. The van der Waals surface area contributed by atoms with Crippen molar-refractivity contribution in [2.45, 2.75) is 37.7 Å². The number of hydrogen-bond donors (Lipinski definition) is 2. The van der Waals surface area contributed by atoms with E-state index in [1.54, 1.807) is 17.5 Å². The summed E-state index contributed by atoms with van der Waals surface area (Å²) in [6.45, 7) is 0.639. The van der Waals surface area contributed by atoms with Crippen LogP contribution in [0.15, 0.2) is 11.6 Å². The molecule has 4 heteroatoms. The number of aromatic nitrogens is 1. The summed E-state index contributed by atoms with van der Waals surface area (Å²) in [4.78, 5) is 4.13. The summed E-state index contributed by atoms with van der Waals surface area (Å²) in [5.74, 6) is 0. The molecule has 1 aliphatic rings. The van der Waals surface area contributed by atoms with E-state index in [-0.39, 0.29) is 0 Å². The van der Waals surface area contributed by atoms with Crippen LogP contribution in [-0.4, -0.2) is 22.2 Å². The molecule has 1 saturated carbocycles. The van der Waals surface area contributed by atoms with Gasteiger partial charge in [0.05, 0.1) is 5.60 Å². The van der Waals surface area contributed by atoms with E-state index in [0.29, 0.717) is 6.54 Å². The Morgan fingerprint density at radius 1 is 1.43 bits per heavy atom. The first kappa shape index (κ1) is 9.93. The topological polar surface area (TPSA) is 45.1 Å². The van der Waals surface area contributed by atoms with Crippen LogP contribution in [0.3, 0.4) is 0 Å². The zero-order valence-corrected chi connectivity index (χ0v) is 9.02. The van der Waals surface area contributed by atoms with E-state index in [4.69, 9.17) is 0 Å². The lowest BCUT2D eigenvalue weighted by Gasteiger charge is -2.31. The first-order valence-corrected chi connectivity index (χ1v) is 6.02. The van der Waals surface area contributed by atoms with Gasteiger partial charge < -0.3 is 10.4 Å². The van der Waals surface area contributed by atoms with Gasteiger partial charge in [-0.1, -0.05) is 19.3 Å². The van der Waals surface area contributed by atoms with E-state index < -0.39 is 5.60 Å². The van der Waals surface area contributed by atoms with Crippen LogP contribution in [0.25, 0.3) is 0 Å². The third-order valence-corrected chi connectivity index (χ3v) is 3.52. The fraction of sp³-hybridized carbons (Fsp3) is 0.700. The standard InChI is InChI=1S/C10H16N2OS/c13-10(4-2-1-3-5-10)8-12-9-11-6-7-14-9/h6-7,13H,1-5,8H2,(H,11,12). The van der Waals surface area contributed by atoms with Crippen molar-refractivity contribution < 1.29 is 5.11 Å². The molecular weight excluding hydrogens is 196 g/mol. The molecule has 1 aromatic heterocycles. The summed E-state index contributed by atoms with van der Waals surface area (Å²) < 4.78 is 0. The second kappa shape index (κ2) is 4.28. The number of anilines is 1. The smallest absolute Gasteiger partial charge is 0.182 e. The molecule has 0 aliphatic heterocycles. The predicted molar refractivity (Wildman–Crippen MR) is 58.6 cm³/mol. The van der Waals surface area contributed by atoms with Crippen LogP contribution in [-0.2, 0) is 0 Å². The Kier molecular flexibility index (Phi) is 3.03. The Labute approximate surface area is 88.2 Å². The van der Waals surface area contributed by atoms with Gasteiger partial charge in [-0.3, -0.25) is 0 Å². The highest BCUT2D eigenvalue weighted by atomic mass is 32.1. The Morgan fingerprint density at radius 2 is 2.21 bits per heavy atom. The molecule has 0 saturated heterocycles. The molecule has 0 aromatic carbocycles. The quantitative estimate of drug-likeness (QED) is 0.807. The molecule has 0 bridgehead atoms. The monoisotopic (exact) mass is 212 g/mol. The minimum absolute atomic E-state index is 0.496. The van der Waals surface area contributed by atoms with E-state index in [1.165, 1.54) is 6.42 Å². The van der Waals surface area contributed by atoms with Crippen molar-refractivity contribution in [1.29, 1.82) is 0 Å². The molecule has 0 amide bonds. The summed E-state index contributed by atoms with van der Waals surface area (Å²) in [5, 5.41) is 16.2. The van der Waals surface area contributed by atoms with Gasteiger partial charge in [-0.2, -0.15) is 0 Å². The highest BCUT2D eigenvalue weighted by Crippen LogP contribution is 2.28. The Bertz CT molecular complexity index is 268. The molecule has 0 unspecified atom stereocenters. The fourth-order valence-electron chi connectivity index (χ4n) is 1.94. The highest BCUT2D eigenvalue weighted by Gasteiger charge is 2.28. The largest absolute Gasteiger partial charge is 0.388 e. The van der Waals surface area contributed by atoms with Gasteiger partial charge >= 0.3 is 0 Å². The highest BCUT2D eigenvalue weighted by molar-refractivity contribution is 7.13. The molecule has 2 N–H and O–H groups in total. The molecular formula is C10H16N2OS. The molecule has 1 heterocycles. The molecule has 1 aliphatic carbocycles. The summed E-state index contributed by atoms with van der Waals surface area (Å²) in [6, 6.07) is 0. The van der Waals surface area contributed by atoms with E-state index in [1.807, 2.05) is 5.38 Å². The first-order valence-electron chi connectivity index (χ1n) is 5.14. The number of aliphatic hydroxyl groups is 1. The van der Waals surface area contributed by atoms with Gasteiger partial charge in [-0.05, 0) is 12.8 Å². The SMILES string of the molecule is OC1(CNc2nccs2)CCCCC1. The van der Waals surface area contributed by atoms with Crippen molar-refractivity contribution in [3.05, 3.63) is 11.6 Å². The number of thiazole rings is 1. The van der Waals surface area contributed by atoms with Gasteiger partial charge in [0.2, 0.25) is 0 Å². The van der Waals surface area contributed by atoms with Crippen LogP contribution in [0.2, 0.25) is 0 Å². The average molecular weight is 212 g/mol. The van der Waals surface area contributed by atoms with E-state index in [2.05, 4.69) is 10.3 Å². The minimum atomic E-state index is -0.496. The van der Waals surface area contributed by atoms with Crippen molar-refractivity contribution in [3.8, 4) is 0 Å². The molecule has 0 radical (unpaired) electrons. The number of rotatable bonds is 3. The van der Waals surface area contributed by atoms with Gasteiger partial charge in [0, 0.05) is 18.1 Å². The van der Waals surface area contributed by atoms with Crippen molar-refractivity contribution in [2.75, 3.05) is 11.9 Å². The fourth-order valence-corrected chi connectivity index (χ4v) is 2.47. The first-order chi connectivity index (χ1) is 6.79. The summed E-state index contributed by atoms with van der Waals surface area (Å²) in [5.41, 5.74) is -0.496. The maximum Gasteiger partial charge on any atom is 0.182 e. The second-order valence-corrected chi connectivity index (χ2v) is 4.87. The van der Waals surface area contributed by atoms with Gasteiger partial charge in [0.1, 0.15) is 0 Å². The van der Waals surface area contributed by atoms with Crippen LogP contribution in [0.4, 0.5) is 5.13 Å².